The second-order valence-corrected chi connectivity index (χ2v) is 8.81. The van der Waals surface area contributed by atoms with Crippen LogP contribution in [0.25, 0.3) is 11.2 Å². The van der Waals surface area contributed by atoms with E-state index in [2.05, 4.69) is 24.8 Å². The van der Waals surface area contributed by atoms with Crippen LogP contribution in [0.15, 0.2) is 24.5 Å². The molecule has 1 N–H and O–H groups in total. The van der Waals surface area contributed by atoms with Crippen molar-refractivity contribution in [2.75, 3.05) is 30.4 Å². The molecule has 1 saturated heterocycles. The Morgan fingerprint density at radius 3 is 2.78 bits per heavy atom. The first-order chi connectivity index (χ1) is 15.6. The lowest BCUT2D eigenvalue weighted by atomic mass is 9.95. The van der Waals surface area contributed by atoms with Gasteiger partial charge in [0.1, 0.15) is 17.9 Å². The predicted octanol–water partition coefficient (Wildman–Crippen LogP) is 3.72. The highest BCUT2D eigenvalue weighted by atomic mass is 16.5. The molecule has 2 aromatic heterocycles. The van der Waals surface area contributed by atoms with Gasteiger partial charge in [0.15, 0.2) is 17.0 Å². The van der Waals surface area contributed by atoms with Crippen LogP contribution in [0.5, 0.6) is 5.75 Å². The van der Waals surface area contributed by atoms with Crippen LogP contribution in [0.3, 0.4) is 0 Å². The molecule has 0 spiro atoms. The van der Waals surface area contributed by atoms with E-state index in [-0.39, 0.29) is 11.8 Å². The van der Waals surface area contributed by atoms with Gasteiger partial charge in [-0.05, 0) is 50.3 Å². The number of imidazole rings is 1. The number of hydrogen-bond acceptors (Lipinski definition) is 6. The Labute approximate surface area is 188 Å². The van der Waals surface area contributed by atoms with E-state index in [0.717, 1.165) is 73.0 Å². The Morgan fingerprint density at radius 2 is 1.97 bits per heavy atom. The Kier molecular flexibility index (Phi) is 5.68. The molecule has 0 bridgehead atoms. The molecule has 1 fully saturated rings. The maximum atomic E-state index is 12.9. The van der Waals surface area contributed by atoms with Crippen LogP contribution in [-0.4, -0.2) is 45.6 Å². The maximum Gasteiger partial charge on any atom is 0.227 e. The molecule has 1 aromatic carbocycles. The molecule has 32 heavy (non-hydrogen) atoms. The largest absolute Gasteiger partial charge is 0.495 e. The number of fused-ring (bicyclic) bond motifs is 3. The molecule has 1 amide bonds. The van der Waals surface area contributed by atoms with E-state index in [4.69, 9.17) is 9.72 Å². The van der Waals surface area contributed by atoms with E-state index in [1.807, 2.05) is 25.1 Å². The van der Waals surface area contributed by atoms with Gasteiger partial charge in [-0.3, -0.25) is 4.79 Å². The number of ether oxygens (including phenoxy) is 1. The summed E-state index contributed by atoms with van der Waals surface area (Å²) in [6, 6.07) is 5.82. The fourth-order valence-corrected chi connectivity index (χ4v) is 4.86. The molecule has 8 nitrogen and oxygen atoms in total. The number of anilines is 2. The molecular weight excluding hydrogens is 404 g/mol. The highest BCUT2D eigenvalue weighted by molar-refractivity contribution is 5.94. The van der Waals surface area contributed by atoms with Gasteiger partial charge in [0.05, 0.1) is 12.8 Å². The monoisotopic (exact) mass is 434 g/mol. The van der Waals surface area contributed by atoms with Gasteiger partial charge in [0.2, 0.25) is 5.91 Å². The fraction of sp³-hybridized carbons (Fsp3) is 0.500. The molecule has 0 atom stereocenters. The van der Waals surface area contributed by atoms with Crippen LogP contribution in [-0.2, 0) is 17.8 Å². The second-order valence-electron chi connectivity index (χ2n) is 8.81. The average Bonchev–Trinajstić information content (AvgIpc) is 3.00. The molecule has 2 aliphatic rings. The number of aromatic nitrogens is 4. The van der Waals surface area contributed by atoms with Gasteiger partial charge in [0.25, 0.3) is 0 Å². The van der Waals surface area contributed by atoms with Gasteiger partial charge in [-0.25, -0.2) is 15.0 Å². The summed E-state index contributed by atoms with van der Waals surface area (Å²) in [5.74, 6) is 2.72. The number of amides is 1. The molecule has 168 valence electrons. The predicted molar refractivity (Wildman–Crippen MR) is 124 cm³/mol. The van der Waals surface area contributed by atoms with E-state index in [1.165, 1.54) is 19.3 Å². The third kappa shape index (κ3) is 3.89. The minimum absolute atomic E-state index is 0.0347. The number of piperidine rings is 1. The Hall–Kier alpha value is -3.16. The van der Waals surface area contributed by atoms with Gasteiger partial charge in [-0.2, -0.15) is 0 Å². The highest BCUT2D eigenvalue weighted by Gasteiger charge is 2.28. The minimum Gasteiger partial charge on any atom is -0.495 e. The number of rotatable bonds is 4. The van der Waals surface area contributed by atoms with Crippen LogP contribution in [0.2, 0.25) is 0 Å². The van der Waals surface area contributed by atoms with E-state index in [0.29, 0.717) is 5.75 Å². The quantitative estimate of drug-likeness (QED) is 0.674. The van der Waals surface area contributed by atoms with Crippen molar-refractivity contribution < 1.29 is 9.53 Å². The molecule has 5 rings (SSSR count). The first-order valence-corrected chi connectivity index (χ1v) is 11.5. The summed E-state index contributed by atoms with van der Waals surface area (Å²) in [5.41, 5.74) is 3.66. The topological polar surface area (TPSA) is 85.2 Å². The molecule has 2 aliphatic heterocycles. The zero-order chi connectivity index (χ0) is 22.1. The van der Waals surface area contributed by atoms with Gasteiger partial charge < -0.3 is 19.5 Å². The Balaban J connectivity index is 1.29. The van der Waals surface area contributed by atoms with Crippen molar-refractivity contribution in [2.24, 2.45) is 5.92 Å². The number of nitrogens with one attached hydrogen (secondary N) is 1. The number of carbonyl (C=O) groups excluding carboxylic acids is 1. The Bertz CT molecular complexity index is 1130. The van der Waals surface area contributed by atoms with E-state index in [9.17, 15) is 4.79 Å². The Morgan fingerprint density at radius 1 is 1.12 bits per heavy atom. The number of aryl methyl sites for hydroxylation is 3. The summed E-state index contributed by atoms with van der Waals surface area (Å²) in [5, 5.41) is 3.07. The summed E-state index contributed by atoms with van der Waals surface area (Å²) in [6.45, 7) is 4.53. The summed E-state index contributed by atoms with van der Waals surface area (Å²) in [7, 11) is 1.62. The highest BCUT2D eigenvalue weighted by Crippen LogP contribution is 2.31. The van der Waals surface area contributed by atoms with Crippen molar-refractivity contribution in [2.45, 2.75) is 52.0 Å². The molecule has 4 heterocycles. The average molecular weight is 435 g/mol. The standard InChI is InChI=1S/C24H30N6O2/c1-16-7-8-19(32-2)18(14-16)27-24(31)17-9-12-29(13-10-17)22-21-23(26-15-25-22)30-11-5-3-4-6-20(30)28-21/h7-8,14-15,17H,3-6,9-13H2,1-2H3,(H,27,31). The summed E-state index contributed by atoms with van der Waals surface area (Å²) in [4.78, 5) is 29.3. The summed E-state index contributed by atoms with van der Waals surface area (Å²) in [6.07, 6.45) is 7.80. The first kappa shape index (κ1) is 20.7. The van der Waals surface area contributed by atoms with Crippen LogP contribution >= 0.6 is 0 Å². The SMILES string of the molecule is COc1ccc(C)cc1NC(=O)C1CCN(c2ncnc3c2nc2n3CCCCC2)CC1. The molecule has 3 aromatic rings. The lowest BCUT2D eigenvalue weighted by Gasteiger charge is -2.32. The van der Waals surface area contributed by atoms with Crippen molar-refractivity contribution in [3.8, 4) is 5.75 Å². The van der Waals surface area contributed by atoms with Crippen LogP contribution in [0.4, 0.5) is 11.5 Å². The van der Waals surface area contributed by atoms with Gasteiger partial charge in [-0.1, -0.05) is 12.5 Å². The van der Waals surface area contributed by atoms with Crippen LogP contribution < -0.4 is 15.0 Å². The minimum atomic E-state index is -0.0347. The first-order valence-electron chi connectivity index (χ1n) is 11.5. The molecule has 0 aliphatic carbocycles. The normalized spacial score (nSPS) is 17.1. The number of carbonyl (C=O) groups is 1. The third-order valence-electron chi connectivity index (χ3n) is 6.65. The fourth-order valence-electron chi connectivity index (χ4n) is 4.86. The summed E-state index contributed by atoms with van der Waals surface area (Å²) < 4.78 is 7.67. The smallest absolute Gasteiger partial charge is 0.227 e. The van der Waals surface area contributed by atoms with E-state index in [1.54, 1.807) is 13.4 Å². The molecule has 8 heteroatoms. The van der Waals surface area contributed by atoms with Gasteiger partial charge >= 0.3 is 0 Å². The van der Waals surface area contributed by atoms with Gasteiger partial charge in [0, 0.05) is 32.0 Å². The zero-order valence-electron chi connectivity index (χ0n) is 18.8. The van der Waals surface area contributed by atoms with Crippen molar-refractivity contribution >= 4 is 28.6 Å². The number of methoxy groups -OCH3 is 1. The molecule has 0 radical (unpaired) electrons. The van der Waals surface area contributed by atoms with E-state index < -0.39 is 0 Å². The molecule has 0 unspecified atom stereocenters. The number of hydrogen-bond donors (Lipinski definition) is 1. The van der Waals surface area contributed by atoms with Crippen molar-refractivity contribution in [1.29, 1.82) is 0 Å². The number of benzene rings is 1. The van der Waals surface area contributed by atoms with Crippen LogP contribution in [0, 0.1) is 12.8 Å². The van der Waals surface area contributed by atoms with Crippen molar-refractivity contribution in [3.05, 3.63) is 35.9 Å². The van der Waals surface area contributed by atoms with Crippen molar-refractivity contribution in [1.82, 2.24) is 19.5 Å². The lowest BCUT2D eigenvalue weighted by Crippen LogP contribution is -2.38. The summed E-state index contributed by atoms with van der Waals surface area (Å²) >= 11 is 0. The van der Waals surface area contributed by atoms with Crippen LogP contribution in [0.1, 0.15) is 43.5 Å². The molecular formula is C24H30N6O2. The lowest BCUT2D eigenvalue weighted by molar-refractivity contribution is -0.120. The maximum absolute atomic E-state index is 12.9. The molecule has 0 saturated carbocycles. The third-order valence-corrected chi connectivity index (χ3v) is 6.65. The van der Waals surface area contributed by atoms with E-state index >= 15 is 0 Å². The van der Waals surface area contributed by atoms with Crippen molar-refractivity contribution in [3.63, 3.8) is 0 Å². The van der Waals surface area contributed by atoms with Gasteiger partial charge in [-0.15, -0.1) is 0 Å². The number of nitrogens with zero attached hydrogens (tertiary/aromatic N) is 5. The second kappa shape index (κ2) is 8.76. The zero-order valence-corrected chi connectivity index (χ0v) is 18.8.